The largest absolute Gasteiger partial charge is 0.299 e. The van der Waals surface area contributed by atoms with Gasteiger partial charge in [0.05, 0.1) is 0 Å². The fraction of sp³-hybridized carbons (Fsp3) is 0.400. The Bertz CT molecular complexity index is 806. The summed E-state index contributed by atoms with van der Waals surface area (Å²) in [6.07, 6.45) is 5.95. The van der Waals surface area contributed by atoms with Gasteiger partial charge in [-0.2, -0.15) is 4.37 Å². The molecule has 1 aliphatic rings. The molecule has 0 radical (unpaired) electrons. The van der Waals surface area contributed by atoms with E-state index in [1.54, 1.807) is 18.0 Å². The first kappa shape index (κ1) is 14.8. The predicted molar refractivity (Wildman–Crippen MR) is 89.6 cm³/mol. The summed E-state index contributed by atoms with van der Waals surface area (Å²) >= 11 is 2.98. The van der Waals surface area contributed by atoms with E-state index in [2.05, 4.69) is 43.0 Å². The first-order valence-electron chi connectivity index (χ1n) is 7.59. The van der Waals surface area contributed by atoms with Crippen LogP contribution >= 0.6 is 23.3 Å². The molecule has 0 saturated heterocycles. The molecular weight excluding hydrogens is 328 g/mol. The molecule has 6 nitrogen and oxygen atoms in total. The van der Waals surface area contributed by atoms with Crippen LogP contribution in [0.2, 0.25) is 0 Å². The second-order valence-electron chi connectivity index (χ2n) is 5.82. The highest BCUT2D eigenvalue weighted by atomic mass is 32.2. The third-order valence-electron chi connectivity index (χ3n) is 3.61. The molecule has 3 heterocycles. The minimum absolute atomic E-state index is 0.341. The number of hydrogen-bond donors (Lipinski definition) is 0. The predicted octanol–water partition coefficient (Wildman–Crippen LogP) is 3.80. The van der Waals surface area contributed by atoms with Gasteiger partial charge < -0.3 is 0 Å². The van der Waals surface area contributed by atoms with Gasteiger partial charge in [0.15, 0.2) is 15.3 Å². The molecule has 1 fully saturated rings. The van der Waals surface area contributed by atoms with Crippen LogP contribution in [0.3, 0.4) is 0 Å². The summed E-state index contributed by atoms with van der Waals surface area (Å²) in [6.45, 7) is 4.20. The highest BCUT2D eigenvalue weighted by molar-refractivity contribution is 8.00. The molecule has 0 aliphatic heterocycles. The summed E-state index contributed by atoms with van der Waals surface area (Å²) < 4.78 is 7.55. The molecule has 0 N–H and O–H groups in total. The summed E-state index contributed by atoms with van der Waals surface area (Å²) in [5, 5.41) is 9.67. The molecule has 1 aliphatic carbocycles. The van der Waals surface area contributed by atoms with Crippen LogP contribution in [0.25, 0.3) is 11.4 Å². The van der Waals surface area contributed by atoms with Crippen LogP contribution in [0.5, 0.6) is 0 Å². The van der Waals surface area contributed by atoms with Crippen molar-refractivity contribution in [2.45, 2.75) is 48.1 Å². The number of aromatic nitrogens is 6. The minimum atomic E-state index is 0.341. The highest BCUT2D eigenvalue weighted by Gasteiger charge is 2.30. The molecule has 8 heteroatoms. The van der Waals surface area contributed by atoms with Gasteiger partial charge in [0.1, 0.15) is 5.82 Å². The zero-order chi connectivity index (χ0) is 15.8. The molecule has 118 valence electrons. The number of pyridine rings is 1. The average Bonchev–Trinajstić information content (AvgIpc) is 3.14. The zero-order valence-corrected chi connectivity index (χ0v) is 14.5. The molecule has 0 aromatic carbocycles. The maximum Gasteiger partial charge on any atom is 0.198 e. The van der Waals surface area contributed by atoms with Gasteiger partial charge in [0.25, 0.3) is 0 Å². The van der Waals surface area contributed by atoms with Gasteiger partial charge in [-0.15, -0.1) is 10.2 Å². The summed E-state index contributed by atoms with van der Waals surface area (Å²) in [5.74, 6) is 2.12. The van der Waals surface area contributed by atoms with Crippen molar-refractivity contribution in [2.24, 2.45) is 0 Å². The lowest BCUT2D eigenvalue weighted by Gasteiger charge is -2.07. The average molecular weight is 344 g/mol. The first-order chi connectivity index (χ1) is 11.2. The fourth-order valence-electron chi connectivity index (χ4n) is 2.27. The molecule has 4 rings (SSSR count). The Morgan fingerprint density at radius 3 is 2.83 bits per heavy atom. The van der Waals surface area contributed by atoms with Gasteiger partial charge in [-0.25, -0.2) is 4.98 Å². The zero-order valence-electron chi connectivity index (χ0n) is 12.9. The van der Waals surface area contributed by atoms with E-state index in [1.165, 1.54) is 24.4 Å². The molecule has 23 heavy (non-hydrogen) atoms. The van der Waals surface area contributed by atoms with Crippen molar-refractivity contribution in [3.05, 3.63) is 30.4 Å². The van der Waals surface area contributed by atoms with Gasteiger partial charge in [0, 0.05) is 29.9 Å². The van der Waals surface area contributed by atoms with Crippen LogP contribution in [0, 0.1) is 0 Å². The van der Waals surface area contributed by atoms with Crippen molar-refractivity contribution in [2.75, 3.05) is 0 Å². The van der Waals surface area contributed by atoms with Crippen LogP contribution in [-0.2, 0) is 0 Å². The van der Waals surface area contributed by atoms with Crippen molar-refractivity contribution >= 4 is 23.3 Å². The van der Waals surface area contributed by atoms with Gasteiger partial charge >= 0.3 is 0 Å². The lowest BCUT2D eigenvalue weighted by Crippen LogP contribution is -1.99. The SMILES string of the molecule is CC(C)c1nsc(Sc2nnc(-c3cccnc3)n2C2CC2)n1. The summed E-state index contributed by atoms with van der Waals surface area (Å²) in [7, 11) is 0. The molecule has 0 unspecified atom stereocenters. The Kier molecular flexibility index (Phi) is 3.86. The van der Waals surface area contributed by atoms with E-state index in [0.717, 1.165) is 26.7 Å². The molecule has 1 saturated carbocycles. The van der Waals surface area contributed by atoms with Gasteiger partial charge in [-0.1, -0.05) is 13.8 Å². The smallest absolute Gasteiger partial charge is 0.198 e. The standard InChI is InChI=1S/C15H16N6S2/c1-9(2)12-17-15(23-20-12)22-14-19-18-13(21(14)11-5-6-11)10-4-3-7-16-8-10/h3-4,7-9,11H,5-6H2,1-2H3. The van der Waals surface area contributed by atoms with Gasteiger partial charge in [-0.05, 0) is 48.3 Å². The number of nitrogens with zero attached hydrogens (tertiary/aromatic N) is 6. The third kappa shape index (κ3) is 3.00. The second-order valence-corrected chi connectivity index (χ2v) is 7.79. The maximum atomic E-state index is 4.58. The summed E-state index contributed by atoms with van der Waals surface area (Å²) in [6, 6.07) is 4.43. The number of hydrogen-bond acceptors (Lipinski definition) is 7. The normalized spacial score (nSPS) is 14.6. The minimum Gasteiger partial charge on any atom is -0.299 e. The third-order valence-corrected chi connectivity index (χ3v) is 5.34. The molecular formula is C15H16N6S2. The molecule has 0 spiro atoms. The van der Waals surface area contributed by atoms with Crippen LogP contribution in [0.4, 0.5) is 0 Å². The molecule has 3 aromatic rings. The van der Waals surface area contributed by atoms with E-state index in [9.17, 15) is 0 Å². The first-order valence-corrected chi connectivity index (χ1v) is 9.18. The summed E-state index contributed by atoms with van der Waals surface area (Å²) in [5.41, 5.74) is 0.999. The van der Waals surface area contributed by atoms with E-state index in [0.29, 0.717) is 12.0 Å². The lowest BCUT2D eigenvalue weighted by atomic mass is 10.2. The topological polar surface area (TPSA) is 69.4 Å². The maximum absolute atomic E-state index is 4.58. The Hall–Kier alpha value is -1.80. The van der Waals surface area contributed by atoms with E-state index in [4.69, 9.17) is 0 Å². The van der Waals surface area contributed by atoms with Gasteiger partial charge in [-0.3, -0.25) is 9.55 Å². The van der Waals surface area contributed by atoms with Crippen molar-refractivity contribution in [3.63, 3.8) is 0 Å². The van der Waals surface area contributed by atoms with E-state index >= 15 is 0 Å². The van der Waals surface area contributed by atoms with Crippen molar-refractivity contribution < 1.29 is 0 Å². The van der Waals surface area contributed by atoms with E-state index < -0.39 is 0 Å². The Labute approximate surface area is 142 Å². The number of rotatable bonds is 5. The van der Waals surface area contributed by atoms with Crippen molar-refractivity contribution in [1.29, 1.82) is 0 Å². The van der Waals surface area contributed by atoms with Crippen molar-refractivity contribution in [1.82, 2.24) is 29.1 Å². The van der Waals surface area contributed by atoms with Gasteiger partial charge in [0.2, 0.25) is 0 Å². The monoisotopic (exact) mass is 344 g/mol. The Morgan fingerprint density at radius 2 is 2.17 bits per heavy atom. The van der Waals surface area contributed by atoms with Crippen LogP contribution in [0.1, 0.15) is 44.5 Å². The van der Waals surface area contributed by atoms with E-state index in [-0.39, 0.29) is 0 Å². The second kappa shape index (κ2) is 6.01. The summed E-state index contributed by atoms with van der Waals surface area (Å²) in [4.78, 5) is 8.77. The molecule has 0 atom stereocenters. The molecule has 3 aromatic heterocycles. The highest BCUT2D eigenvalue weighted by Crippen LogP contribution is 2.42. The molecule has 0 bridgehead atoms. The Balaban J connectivity index is 1.67. The molecule has 0 amide bonds. The fourth-order valence-corrected chi connectivity index (χ4v) is 4.03. The quantitative estimate of drug-likeness (QED) is 0.701. The van der Waals surface area contributed by atoms with Crippen LogP contribution in [0.15, 0.2) is 34.0 Å². The van der Waals surface area contributed by atoms with E-state index in [1.807, 2.05) is 18.3 Å². The van der Waals surface area contributed by atoms with Crippen LogP contribution < -0.4 is 0 Å². The lowest BCUT2D eigenvalue weighted by molar-refractivity contribution is 0.669. The van der Waals surface area contributed by atoms with Crippen molar-refractivity contribution in [3.8, 4) is 11.4 Å². The Morgan fingerprint density at radius 1 is 1.30 bits per heavy atom. The van der Waals surface area contributed by atoms with Crippen LogP contribution in [-0.4, -0.2) is 29.1 Å².